The summed E-state index contributed by atoms with van der Waals surface area (Å²) in [5, 5.41) is 0. The highest BCUT2D eigenvalue weighted by molar-refractivity contribution is 5.59. The maximum atomic E-state index is 14.6. The zero-order valence-electron chi connectivity index (χ0n) is 14.8. The third-order valence-electron chi connectivity index (χ3n) is 4.91. The van der Waals surface area contributed by atoms with Gasteiger partial charge in [0.05, 0.1) is 31.9 Å². The van der Waals surface area contributed by atoms with E-state index in [-0.39, 0.29) is 29.1 Å². The lowest BCUT2D eigenvalue weighted by Gasteiger charge is -2.21. The molecular formula is C20H19F2N3O2. The second-order valence-electron chi connectivity index (χ2n) is 6.55. The molecule has 1 fully saturated rings. The van der Waals surface area contributed by atoms with Crippen LogP contribution >= 0.6 is 0 Å². The number of hydrogen-bond acceptors (Lipinski definition) is 4. The molecule has 7 heteroatoms. The molecule has 1 aliphatic rings. The van der Waals surface area contributed by atoms with E-state index in [1.54, 1.807) is 24.8 Å². The van der Waals surface area contributed by atoms with Crippen LogP contribution in [0.3, 0.4) is 0 Å². The van der Waals surface area contributed by atoms with Gasteiger partial charge in [-0.05, 0) is 24.1 Å². The molecule has 140 valence electrons. The minimum Gasteiger partial charge on any atom is -0.497 e. The molecule has 3 heterocycles. The van der Waals surface area contributed by atoms with Gasteiger partial charge in [0.1, 0.15) is 23.2 Å². The molecule has 0 aliphatic carbocycles. The van der Waals surface area contributed by atoms with Crippen molar-refractivity contribution in [2.45, 2.75) is 12.5 Å². The van der Waals surface area contributed by atoms with Gasteiger partial charge in [-0.15, -0.1) is 0 Å². The molecular weight excluding hydrogens is 352 g/mol. The number of rotatable bonds is 5. The average molecular weight is 371 g/mol. The summed E-state index contributed by atoms with van der Waals surface area (Å²) in [5.74, 6) is -0.855. The highest BCUT2D eigenvalue weighted by Gasteiger charge is 2.32. The van der Waals surface area contributed by atoms with Crippen molar-refractivity contribution in [3.05, 3.63) is 66.3 Å². The van der Waals surface area contributed by atoms with Crippen LogP contribution in [0.25, 0.3) is 11.4 Å². The number of aromatic nitrogens is 3. The molecule has 0 bridgehead atoms. The minimum atomic E-state index is -0.705. The topological polar surface area (TPSA) is 49.2 Å². The number of ether oxygens (including phenoxy) is 2. The van der Waals surface area contributed by atoms with Crippen molar-refractivity contribution in [2.75, 3.05) is 20.3 Å². The molecule has 1 aliphatic heterocycles. The monoisotopic (exact) mass is 371 g/mol. The summed E-state index contributed by atoms with van der Waals surface area (Å²) in [6, 6.07) is 6.20. The molecule has 27 heavy (non-hydrogen) atoms. The number of benzene rings is 1. The first-order valence-corrected chi connectivity index (χ1v) is 8.70. The predicted octanol–water partition coefficient (Wildman–Crippen LogP) is 3.66. The van der Waals surface area contributed by atoms with E-state index < -0.39 is 11.6 Å². The normalized spacial score (nSPS) is 19.4. The molecule has 0 N–H and O–H groups in total. The Bertz CT molecular complexity index is 907. The summed E-state index contributed by atoms with van der Waals surface area (Å²) in [4.78, 5) is 8.26. The van der Waals surface area contributed by atoms with Crippen LogP contribution in [0.1, 0.15) is 11.6 Å². The molecule has 0 amide bonds. The van der Waals surface area contributed by atoms with Crippen LogP contribution in [-0.4, -0.2) is 34.9 Å². The van der Waals surface area contributed by atoms with E-state index in [0.717, 1.165) is 24.1 Å². The molecule has 0 spiro atoms. The van der Waals surface area contributed by atoms with Gasteiger partial charge in [-0.25, -0.2) is 13.8 Å². The SMILES string of the molecule is COc1cc(F)c(-c2nccn2[C@@H]2COC[C@@H]2Cc2ccncc2)c(F)c1. The second kappa shape index (κ2) is 7.44. The number of imidazole rings is 1. The fourth-order valence-corrected chi connectivity index (χ4v) is 3.57. The molecule has 5 nitrogen and oxygen atoms in total. The Morgan fingerprint density at radius 1 is 1.15 bits per heavy atom. The average Bonchev–Trinajstić information content (AvgIpc) is 3.31. The van der Waals surface area contributed by atoms with Crippen molar-refractivity contribution in [1.82, 2.24) is 14.5 Å². The highest BCUT2D eigenvalue weighted by atomic mass is 19.1. The summed E-state index contributed by atoms with van der Waals surface area (Å²) in [6.07, 6.45) is 7.60. The van der Waals surface area contributed by atoms with Crippen molar-refractivity contribution in [2.24, 2.45) is 5.92 Å². The van der Waals surface area contributed by atoms with E-state index in [1.807, 2.05) is 16.7 Å². The second-order valence-corrected chi connectivity index (χ2v) is 6.55. The largest absolute Gasteiger partial charge is 0.497 e. The van der Waals surface area contributed by atoms with Gasteiger partial charge in [0.2, 0.25) is 0 Å². The van der Waals surface area contributed by atoms with Gasteiger partial charge in [-0.1, -0.05) is 0 Å². The Kier molecular flexibility index (Phi) is 4.85. The van der Waals surface area contributed by atoms with Crippen LogP contribution in [0.2, 0.25) is 0 Å². The maximum Gasteiger partial charge on any atom is 0.146 e. The van der Waals surface area contributed by atoms with E-state index in [1.165, 1.54) is 7.11 Å². The molecule has 4 rings (SSSR count). The Labute approximate surface area is 155 Å². The van der Waals surface area contributed by atoms with Crippen molar-refractivity contribution in [3.63, 3.8) is 0 Å². The van der Waals surface area contributed by atoms with Gasteiger partial charge >= 0.3 is 0 Å². The number of methoxy groups -OCH3 is 1. The van der Waals surface area contributed by atoms with Crippen LogP contribution in [0.15, 0.2) is 49.1 Å². The summed E-state index contributed by atoms with van der Waals surface area (Å²) >= 11 is 0. The van der Waals surface area contributed by atoms with Gasteiger partial charge in [0.25, 0.3) is 0 Å². The molecule has 3 aromatic rings. The molecule has 1 aromatic carbocycles. The summed E-state index contributed by atoms with van der Waals surface area (Å²) < 4.78 is 41.5. The number of nitrogens with zero attached hydrogens (tertiary/aromatic N) is 3. The minimum absolute atomic E-state index is 0.0587. The van der Waals surface area contributed by atoms with E-state index in [0.29, 0.717) is 13.2 Å². The van der Waals surface area contributed by atoms with Crippen LogP contribution in [0.5, 0.6) is 5.75 Å². The van der Waals surface area contributed by atoms with Crippen molar-refractivity contribution < 1.29 is 18.3 Å². The Morgan fingerprint density at radius 3 is 2.59 bits per heavy atom. The Hall–Kier alpha value is -2.80. The zero-order chi connectivity index (χ0) is 18.8. The number of halogens is 2. The summed E-state index contributed by atoms with van der Waals surface area (Å²) in [5.41, 5.74) is 0.990. The highest BCUT2D eigenvalue weighted by Crippen LogP contribution is 2.35. The molecule has 1 saturated heterocycles. The third kappa shape index (κ3) is 3.42. The smallest absolute Gasteiger partial charge is 0.146 e. The van der Waals surface area contributed by atoms with Gasteiger partial charge in [0.15, 0.2) is 0 Å². The zero-order valence-corrected chi connectivity index (χ0v) is 14.8. The van der Waals surface area contributed by atoms with E-state index in [4.69, 9.17) is 9.47 Å². The molecule has 0 saturated carbocycles. The lowest BCUT2D eigenvalue weighted by atomic mass is 9.95. The van der Waals surface area contributed by atoms with Crippen LogP contribution < -0.4 is 4.74 Å². The number of pyridine rings is 1. The van der Waals surface area contributed by atoms with E-state index in [2.05, 4.69) is 9.97 Å². The van der Waals surface area contributed by atoms with Crippen LogP contribution in [0.4, 0.5) is 8.78 Å². The van der Waals surface area contributed by atoms with Gasteiger partial charge < -0.3 is 14.0 Å². The standard InChI is InChI=1S/C20H19F2N3O2/c1-26-15-9-16(21)19(17(22)10-15)20-24-6-7-25(20)18-12-27-11-14(18)8-13-2-4-23-5-3-13/h2-7,9-10,14,18H,8,11-12H2,1H3/t14-,18+/m0/s1. The summed E-state index contributed by atoms with van der Waals surface area (Å²) in [6.45, 7) is 1.05. The van der Waals surface area contributed by atoms with Gasteiger partial charge in [-0.2, -0.15) is 0 Å². The fraction of sp³-hybridized carbons (Fsp3) is 0.300. The first kappa shape index (κ1) is 17.6. The molecule has 2 aromatic heterocycles. The summed E-state index contributed by atoms with van der Waals surface area (Å²) in [7, 11) is 1.37. The maximum absolute atomic E-state index is 14.6. The molecule has 0 radical (unpaired) electrons. The van der Waals surface area contributed by atoms with Gasteiger partial charge in [0, 0.05) is 42.8 Å². The Morgan fingerprint density at radius 2 is 1.89 bits per heavy atom. The molecule has 2 atom stereocenters. The van der Waals surface area contributed by atoms with Crippen molar-refractivity contribution in [3.8, 4) is 17.1 Å². The fourth-order valence-electron chi connectivity index (χ4n) is 3.57. The van der Waals surface area contributed by atoms with Crippen molar-refractivity contribution in [1.29, 1.82) is 0 Å². The van der Waals surface area contributed by atoms with Crippen LogP contribution in [-0.2, 0) is 11.2 Å². The third-order valence-corrected chi connectivity index (χ3v) is 4.91. The first-order valence-electron chi connectivity index (χ1n) is 8.70. The molecule has 0 unspecified atom stereocenters. The van der Waals surface area contributed by atoms with E-state index in [9.17, 15) is 8.78 Å². The first-order chi connectivity index (χ1) is 13.2. The van der Waals surface area contributed by atoms with E-state index >= 15 is 0 Å². The Balaban J connectivity index is 1.68. The van der Waals surface area contributed by atoms with Crippen LogP contribution in [0, 0.1) is 17.6 Å². The lowest BCUT2D eigenvalue weighted by molar-refractivity contribution is 0.181. The lowest BCUT2D eigenvalue weighted by Crippen LogP contribution is -2.20. The van der Waals surface area contributed by atoms with Crippen molar-refractivity contribution >= 4 is 0 Å². The quantitative estimate of drug-likeness (QED) is 0.687. The predicted molar refractivity (Wildman–Crippen MR) is 95.4 cm³/mol. The number of hydrogen-bond donors (Lipinski definition) is 0. The van der Waals surface area contributed by atoms with Gasteiger partial charge in [-0.3, -0.25) is 4.98 Å².